The molecule has 2 saturated heterocycles. The zero-order chi connectivity index (χ0) is 31.3. The maximum atomic E-state index is 14.1. The molecule has 45 heavy (non-hydrogen) atoms. The number of fused-ring (bicyclic) bond motifs is 1. The molecule has 0 spiro atoms. The van der Waals surface area contributed by atoms with Gasteiger partial charge < -0.3 is 29.8 Å². The molecular weight excluding hydrogens is 577 g/mol. The van der Waals surface area contributed by atoms with Gasteiger partial charge in [0.1, 0.15) is 18.2 Å². The summed E-state index contributed by atoms with van der Waals surface area (Å²) in [6.07, 6.45) is 11.9. The van der Waals surface area contributed by atoms with Crippen LogP contribution in [0.15, 0.2) is 28.7 Å². The molecule has 6 rings (SSSR count). The molecule has 9 nitrogen and oxygen atoms in total. The number of ether oxygens (including phenoxy) is 2. The molecule has 2 aromatic rings. The number of carbonyl (C=O) groups is 3. The first kappa shape index (κ1) is 32.0. The average molecular weight is 626 g/mol. The fourth-order valence-corrected chi connectivity index (χ4v) is 8.30. The number of hydrogen-bond acceptors (Lipinski definition) is 7. The summed E-state index contributed by atoms with van der Waals surface area (Å²) >= 11 is 0. The number of furan rings is 1. The molecule has 246 valence electrons. The van der Waals surface area contributed by atoms with E-state index >= 15 is 0 Å². The van der Waals surface area contributed by atoms with Crippen LogP contribution in [0.2, 0.25) is 0 Å². The number of alkyl halides is 1. The molecule has 4 fully saturated rings. The Hall–Kier alpha value is -2.98. The van der Waals surface area contributed by atoms with Gasteiger partial charge in [-0.2, -0.15) is 0 Å². The van der Waals surface area contributed by atoms with Crippen LogP contribution in [0.25, 0.3) is 11.0 Å². The maximum absolute atomic E-state index is 14.1. The van der Waals surface area contributed by atoms with Crippen LogP contribution in [0.1, 0.15) is 94.0 Å². The Morgan fingerprint density at radius 3 is 2.53 bits per heavy atom. The number of halogens is 1. The second kappa shape index (κ2) is 14.6. The topological polar surface area (TPSA) is 124 Å². The van der Waals surface area contributed by atoms with Crippen LogP contribution in [0.5, 0.6) is 0 Å². The highest BCUT2D eigenvalue weighted by Gasteiger charge is 2.47. The van der Waals surface area contributed by atoms with Crippen molar-refractivity contribution in [3.05, 3.63) is 30.0 Å². The standard InChI is InChI=1S/C35H48FN3O6/c36-16-14-29(37)23-8-10-24(11-9-23)34(41)39-17-15-28(22-5-2-1-3-6-22)32(39)33(40)38-26-12-13-30-25(19-26)20-31(45-30)35(42)44-21-27-7-4-18-43-27/h12-13,19-20,22-24,27-29,32H,1-11,14-18,21,37H2,(H,38,40)/t23-,24-,27-,28-,29+,32-/m0/s1. The lowest BCUT2D eigenvalue weighted by Crippen LogP contribution is -2.50. The van der Waals surface area contributed by atoms with Crippen molar-refractivity contribution in [1.29, 1.82) is 0 Å². The number of nitrogens with zero attached hydrogens (tertiary/aromatic N) is 1. The summed E-state index contributed by atoms with van der Waals surface area (Å²) in [7, 11) is 0. The van der Waals surface area contributed by atoms with E-state index < -0.39 is 18.7 Å². The monoisotopic (exact) mass is 625 g/mol. The molecule has 2 saturated carbocycles. The van der Waals surface area contributed by atoms with Crippen LogP contribution in [0, 0.1) is 23.7 Å². The Balaban J connectivity index is 1.14. The number of carbonyl (C=O) groups excluding carboxylic acids is 3. The SMILES string of the molecule is N[C@H](CCF)[C@H]1CC[C@H](C(=O)N2CC[C@@H](C3CCCCC3)[C@H]2C(=O)Nc2ccc3oc(C(=O)OC[C@@H]4CCCO4)cc3c2)CC1. The predicted molar refractivity (Wildman–Crippen MR) is 168 cm³/mol. The van der Waals surface area contributed by atoms with Gasteiger partial charge in [0.2, 0.25) is 17.6 Å². The number of likely N-dealkylation sites (tertiary alicyclic amines) is 1. The molecule has 3 N–H and O–H groups in total. The lowest BCUT2D eigenvalue weighted by Gasteiger charge is -2.37. The van der Waals surface area contributed by atoms with Gasteiger partial charge in [0.15, 0.2) is 0 Å². The quantitative estimate of drug-likeness (QED) is 0.311. The van der Waals surface area contributed by atoms with Crippen molar-refractivity contribution in [3.8, 4) is 0 Å². The number of esters is 1. The van der Waals surface area contributed by atoms with E-state index in [-0.39, 0.29) is 54.1 Å². The Kier molecular flexibility index (Phi) is 10.4. The van der Waals surface area contributed by atoms with Crippen molar-refractivity contribution < 1.29 is 32.7 Å². The zero-order valence-electron chi connectivity index (χ0n) is 26.2. The third-order valence-electron chi connectivity index (χ3n) is 10.8. The number of anilines is 1. The number of hydrogen-bond donors (Lipinski definition) is 2. The van der Waals surface area contributed by atoms with Crippen LogP contribution < -0.4 is 11.1 Å². The van der Waals surface area contributed by atoms with E-state index in [1.165, 1.54) is 19.3 Å². The summed E-state index contributed by atoms with van der Waals surface area (Å²) in [5, 5.41) is 3.79. The minimum absolute atomic E-state index is 0.0691. The summed E-state index contributed by atoms with van der Waals surface area (Å²) in [6.45, 7) is 1.07. The van der Waals surface area contributed by atoms with Gasteiger partial charge in [0.05, 0.1) is 12.8 Å². The number of amides is 2. The van der Waals surface area contributed by atoms with E-state index in [4.69, 9.17) is 19.6 Å². The third-order valence-corrected chi connectivity index (χ3v) is 10.8. The van der Waals surface area contributed by atoms with Gasteiger partial charge in [0.25, 0.3) is 0 Å². The largest absolute Gasteiger partial charge is 0.457 e. The second-order valence-corrected chi connectivity index (χ2v) is 13.7. The van der Waals surface area contributed by atoms with Crippen molar-refractivity contribution in [3.63, 3.8) is 0 Å². The molecular formula is C35H48FN3O6. The molecule has 4 atom stereocenters. The molecule has 0 bridgehead atoms. The lowest BCUT2D eigenvalue weighted by molar-refractivity contribution is -0.142. The highest BCUT2D eigenvalue weighted by molar-refractivity contribution is 6.00. The van der Waals surface area contributed by atoms with Crippen molar-refractivity contribution >= 4 is 34.4 Å². The van der Waals surface area contributed by atoms with Crippen molar-refractivity contribution in [2.24, 2.45) is 29.4 Å². The number of benzene rings is 1. The summed E-state index contributed by atoms with van der Waals surface area (Å²) in [5.41, 5.74) is 7.32. The number of rotatable bonds is 10. The summed E-state index contributed by atoms with van der Waals surface area (Å²) in [6, 6.07) is 6.26. The fraction of sp³-hybridized carbons (Fsp3) is 0.686. The first-order chi connectivity index (χ1) is 21.9. The molecule has 1 aromatic heterocycles. The Bertz CT molecular complexity index is 1330. The minimum atomic E-state index is -0.541. The van der Waals surface area contributed by atoms with E-state index in [1.807, 2.05) is 4.90 Å². The Morgan fingerprint density at radius 1 is 1.00 bits per heavy atom. The summed E-state index contributed by atoms with van der Waals surface area (Å²) < 4.78 is 29.5. The first-order valence-corrected chi connectivity index (χ1v) is 17.2. The smallest absolute Gasteiger partial charge is 0.374 e. The Morgan fingerprint density at radius 2 is 1.80 bits per heavy atom. The minimum Gasteiger partial charge on any atom is -0.457 e. The second-order valence-electron chi connectivity index (χ2n) is 13.7. The van der Waals surface area contributed by atoms with Gasteiger partial charge >= 0.3 is 5.97 Å². The highest BCUT2D eigenvalue weighted by Crippen LogP contribution is 2.41. The number of nitrogens with one attached hydrogen (secondary N) is 1. The molecule has 0 radical (unpaired) electrons. The van der Waals surface area contributed by atoms with Gasteiger partial charge in [-0.1, -0.05) is 32.1 Å². The van der Waals surface area contributed by atoms with Crippen LogP contribution in [0.4, 0.5) is 10.1 Å². The van der Waals surface area contributed by atoms with Crippen LogP contribution in [0.3, 0.4) is 0 Å². The average Bonchev–Trinajstić information content (AvgIpc) is 3.84. The van der Waals surface area contributed by atoms with Crippen LogP contribution >= 0.6 is 0 Å². The van der Waals surface area contributed by atoms with E-state index in [0.717, 1.165) is 57.8 Å². The molecule has 3 heterocycles. The van der Waals surface area contributed by atoms with Gasteiger partial charge in [-0.15, -0.1) is 0 Å². The van der Waals surface area contributed by atoms with E-state index in [9.17, 15) is 18.8 Å². The van der Waals surface area contributed by atoms with E-state index in [2.05, 4.69) is 5.32 Å². The molecule has 10 heteroatoms. The van der Waals surface area contributed by atoms with Crippen molar-refractivity contribution in [1.82, 2.24) is 4.90 Å². The molecule has 4 aliphatic rings. The summed E-state index contributed by atoms with van der Waals surface area (Å²) in [5.74, 6) is 0.168. The van der Waals surface area contributed by atoms with Gasteiger partial charge in [-0.05, 0) is 93.4 Å². The van der Waals surface area contributed by atoms with Crippen LogP contribution in [-0.4, -0.2) is 67.3 Å². The molecule has 2 amide bonds. The van der Waals surface area contributed by atoms with E-state index in [0.29, 0.717) is 42.1 Å². The van der Waals surface area contributed by atoms with Gasteiger partial charge in [-0.25, -0.2) is 4.79 Å². The maximum Gasteiger partial charge on any atom is 0.374 e. The fourth-order valence-electron chi connectivity index (χ4n) is 8.30. The first-order valence-electron chi connectivity index (χ1n) is 17.2. The molecule has 0 unspecified atom stereocenters. The van der Waals surface area contributed by atoms with Gasteiger partial charge in [-0.3, -0.25) is 14.0 Å². The van der Waals surface area contributed by atoms with Crippen molar-refractivity contribution in [2.45, 2.75) is 102 Å². The third kappa shape index (κ3) is 7.38. The summed E-state index contributed by atoms with van der Waals surface area (Å²) in [4.78, 5) is 42.5. The normalized spacial score (nSPS) is 28.3. The van der Waals surface area contributed by atoms with Crippen molar-refractivity contribution in [2.75, 3.05) is 31.7 Å². The Labute approximate surface area is 264 Å². The van der Waals surface area contributed by atoms with Crippen LogP contribution in [-0.2, 0) is 19.1 Å². The zero-order valence-corrected chi connectivity index (χ0v) is 26.2. The number of nitrogens with two attached hydrogens (primary N) is 1. The lowest BCUT2D eigenvalue weighted by atomic mass is 9.76. The van der Waals surface area contributed by atoms with Gasteiger partial charge in [0, 0.05) is 36.2 Å². The molecule has 2 aliphatic heterocycles. The predicted octanol–water partition coefficient (Wildman–Crippen LogP) is 6.00. The highest BCUT2D eigenvalue weighted by atomic mass is 19.1. The van der Waals surface area contributed by atoms with E-state index in [1.54, 1.807) is 24.3 Å². The molecule has 2 aliphatic carbocycles. The molecule has 1 aromatic carbocycles.